The Bertz CT molecular complexity index is 211. The summed E-state index contributed by atoms with van der Waals surface area (Å²) in [5.74, 6) is -1.53. The fourth-order valence-electron chi connectivity index (χ4n) is 0.612. The van der Waals surface area contributed by atoms with Crippen molar-refractivity contribution in [3.63, 3.8) is 0 Å². The summed E-state index contributed by atoms with van der Waals surface area (Å²) in [7, 11) is 0. The van der Waals surface area contributed by atoms with E-state index in [2.05, 4.69) is 13.2 Å². The molecule has 0 aliphatic rings. The Morgan fingerprint density at radius 1 is 1.18 bits per heavy atom. The largest absolute Gasteiger partial charge is 0.204 e. The monoisotopic (exact) mass is 156 g/mol. The second kappa shape index (κ2) is 4.61. The molecule has 0 radical (unpaired) electrons. The molecular formula is C9H10F2. The van der Waals surface area contributed by atoms with Gasteiger partial charge in [-0.1, -0.05) is 12.1 Å². The van der Waals surface area contributed by atoms with Crippen molar-refractivity contribution >= 4 is 0 Å². The second-order valence-corrected chi connectivity index (χ2v) is 1.87. The minimum Gasteiger partial charge on any atom is -0.204 e. The first-order chi connectivity index (χ1) is 5.22. The van der Waals surface area contributed by atoms with E-state index >= 15 is 0 Å². The average molecular weight is 156 g/mol. The molecule has 0 N–H and O–H groups in total. The molecule has 2 heteroatoms. The minimum atomic E-state index is -0.782. The van der Waals surface area contributed by atoms with Gasteiger partial charge in [-0.3, -0.25) is 0 Å². The molecule has 0 unspecified atom stereocenters. The maximum atomic E-state index is 12.4. The minimum absolute atomic E-state index is 0.343. The van der Waals surface area contributed by atoms with Crippen LogP contribution in [-0.4, -0.2) is 0 Å². The predicted molar refractivity (Wildman–Crippen MR) is 42.3 cm³/mol. The maximum absolute atomic E-state index is 12.4. The second-order valence-electron chi connectivity index (χ2n) is 1.87. The summed E-state index contributed by atoms with van der Waals surface area (Å²) in [4.78, 5) is 0. The van der Waals surface area contributed by atoms with Crippen LogP contribution in [0, 0.1) is 18.6 Å². The highest BCUT2D eigenvalue weighted by Crippen LogP contribution is 2.08. The lowest BCUT2D eigenvalue weighted by molar-refractivity contribution is 0.503. The molecule has 0 aromatic heterocycles. The van der Waals surface area contributed by atoms with Gasteiger partial charge in [-0.05, 0) is 18.6 Å². The van der Waals surface area contributed by atoms with Crippen LogP contribution in [0.25, 0.3) is 0 Å². The van der Waals surface area contributed by atoms with Crippen molar-refractivity contribution in [1.82, 2.24) is 0 Å². The summed E-state index contributed by atoms with van der Waals surface area (Å²) >= 11 is 0. The van der Waals surface area contributed by atoms with Crippen molar-refractivity contribution in [3.8, 4) is 0 Å². The van der Waals surface area contributed by atoms with E-state index < -0.39 is 11.6 Å². The van der Waals surface area contributed by atoms with Gasteiger partial charge in [-0.2, -0.15) is 0 Å². The van der Waals surface area contributed by atoms with Gasteiger partial charge in [-0.15, -0.1) is 13.2 Å². The predicted octanol–water partition coefficient (Wildman–Crippen LogP) is 3.08. The molecule has 0 amide bonds. The highest BCUT2D eigenvalue weighted by molar-refractivity contribution is 5.16. The molecule has 0 atom stereocenters. The van der Waals surface area contributed by atoms with Crippen LogP contribution in [0.15, 0.2) is 31.4 Å². The first kappa shape index (κ1) is 9.82. The highest BCUT2D eigenvalue weighted by Gasteiger charge is 2.00. The van der Waals surface area contributed by atoms with Gasteiger partial charge in [0, 0.05) is 0 Å². The molecule has 1 aromatic carbocycles. The fourth-order valence-corrected chi connectivity index (χ4v) is 0.612. The molecule has 1 aromatic rings. The number of hydrogen-bond donors (Lipinski definition) is 0. The topological polar surface area (TPSA) is 0 Å². The van der Waals surface area contributed by atoms with Crippen LogP contribution in [-0.2, 0) is 0 Å². The molecular weight excluding hydrogens is 146 g/mol. The quantitative estimate of drug-likeness (QED) is 0.506. The Labute approximate surface area is 65.2 Å². The number of aryl methyl sites for hydroxylation is 1. The van der Waals surface area contributed by atoms with Gasteiger partial charge < -0.3 is 0 Å². The van der Waals surface area contributed by atoms with E-state index in [1.165, 1.54) is 19.1 Å². The summed E-state index contributed by atoms with van der Waals surface area (Å²) in [5, 5.41) is 0. The Hall–Kier alpha value is -1.18. The SMILES string of the molecule is C=C.Cc1cccc(F)c1F. The van der Waals surface area contributed by atoms with E-state index in [1.54, 1.807) is 0 Å². The molecule has 0 aliphatic carbocycles. The molecule has 1 rings (SSSR count). The fraction of sp³-hybridized carbons (Fsp3) is 0.111. The van der Waals surface area contributed by atoms with Gasteiger partial charge >= 0.3 is 0 Å². The summed E-state index contributed by atoms with van der Waals surface area (Å²) in [6, 6.07) is 4.11. The molecule has 11 heavy (non-hydrogen) atoms. The van der Waals surface area contributed by atoms with Gasteiger partial charge in [0.15, 0.2) is 11.6 Å². The van der Waals surface area contributed by atoms with E-state index in [9.17, 15) is 8.78 Å². The lowest BCUT2D eigenvalue weighted by atomic mass is 10.2. The first-order valence-electron chi connectivity index (χ1n) is 3.12. The van der Waals surface area contributed by atoms with Gasteiger partial charge in [0.25, 0.3) is 0 Å². The van der Waals surface area contributed by atoms with E-state index in [1.807, 2.05) is 0 Å². The maximum Gasteiger partial charge on any atom is 0.161 e. The Balaban J connectivity index is 0.000000461. The Kier molecular flexibility index (Phi) is 4.11. The molecule has 0 spiro atoms. The number of hydrogen-bond acceptors (Lipinski definition) is 0. The van der Waals surface area contributed by atoms with Crippen molar-refractivity contribution in [2.24, 2.45) is 0 Å². The van der Waals surface area contributed by atoms with Crippen molar-refractivity contribution in [2.45, 2.75) is 6.92 Å². The summed E-state index contributed by atoms with van der Waals surface area (Å²) < 4.78 is 24.6. The van der Waals surface area contributed by atoms with Crippen LogP contribution in [0.1, 0.15) is 5.56 Å². The molecule has 0 bridgehead atoms. The molecule has 0 heterocycles. The van der Waals surface area contributed by atoms with Crippen molar-refractivity contribution < 1.29 is 8.78 Å². The third-order valence-corrected chi connectivity index (χ3v) is 1.14. The van der Waals surface area contributed by atoms with Crippen LogP contribution >= 0.6 is 0 Å². The van der Waals surface area contributed by atoms with Gasteiger partial charge in [0.1, 0.15) is 0 Å². The van der Waals surface area contributed by atoms with Gasteiger partial charge in [0.2, 0.25) is 0 Å². The molecule has 0 saturated heterocycles. The number of rotatable bonds is 0. The van der Waals surface area contributed by atoms with Crippen LogP contribution < -0.4 is 0 Å². The number of halogens is 2. The van der Waals surface area contributed by atoms with Crippen LogP contribution in [0.4, 0.5) is 8.78 Å². The van der Waals surface area contributed by atoms with E-state index in [-0.39, 0.29) is 0 Å². The van der Waals surface area contributed by atoms with Gasteiger partial charge in [-0.25, -0.2) is 8.78 Å². The molecule has 0 saturated carbocycles. The van der Waals surface area contributed by atoms with Crippen molar-refractivity contribution in [3.05, 3.63) is 48.6 Å². The zero-order valence-electron chi connectivity index (χ0n) is 6.40. The first-order valence-corrected chi connectivity index (χ1v) is 3.12. The van der Waals surface area contributed by atoms with Crippen LogP contribution in [0.3, 0.4) is 0 Å². The molecule has 0 aliphatic heterocycles. The van der Waals surface area contributed by atoms with E-state index in [0.29, 0.717) is 5.56 Å². The van der Waals surface area contributed by atoms with Gasteiger partial charge in [0.05, 0.1) is 0 Å². The van der Waals surface area contributed by atoms with E-state index in [0.717, 1.165) is 6.07 Å². The molecule has 60 valence electrons. The zero-order chi connectivity index (χ0) is 8.85. The van der Waals surface area contributed by atoms with Crippen molar-refractivity contribution in [2.75, 3.05) is 0 Å². The Morgan fingerprint density at radius 2 is 1.73 bits per heavy atom. The van der Waals surface area contributed by atoms with E-state index in [4.69, 9.17) is 0 Å². The Morgan fingerprint density at radius 3 is 2.09 bits per heavy atom. The zero-order valence-corrected chi connectivity index (χ0v) is 6.40. The molecule has 0 nitrogen and oxygen atoms in total. The summed E-state index contributed by atoms with van der Waals surface area (Å²) in [6.07, 6.45) is 0. The summed E-state index contributed by atoms with van der Waals surface area (Å²) in [5.41, 5.74) is 0.343. The third kappa shape index (κ3) is 2.50. The normalized spacial score (nSPS) is 8.27. The van der Waals surface area contributed by atoms with Crippen molar-refractivity contribution in [1.29, 1.82) is 0 Å². The van der Waals surface area contributed by atoms with Crippen LogP contribution in [0.5, 0.6) is 0 Å². The number of benzene rings is 1. The standard InChI is InChI=1S/C7H6F2.C2H4/c1-5-3-2-4-6(8)7(5)9;1-2/h2-4H,1H3;1-2H2. The van der Waals surface area contributed by atoms with Crippen LogP contribution in [0.2, 0.25) is 0 Å². The lowest BCUT2D eigenvalue weighted by Crippen LogP contribution is -1.85. The highest BCUT2D eigenvalue weighted by atomic mass is 19.2. The lowest BCUT2D eigenvalue weighted by Gasteiger charge is -1.93. The molecule has 0 fully saturated rings. The average Bonchev–Trinajstić information content (AvgIpc) is 2.04. The third-order valence-electron chi connectivity index (χ3n) is 1.14. The summed E-state index contributed by atoms with van der Waals surface area (Å²) in [6.45, 7) is 7.53. The smallest absolute Gasteiger partial charge is 0.161 e.